The Balaban J connectivity index is 1.93. The predicted molar refractivity (Wildman–Crippen MR) is 80.4 cm³/mol. The molecule has 0 aliphatic carbocycles. The Labute approximate surface area is 114 Å². The topological polar surface area (TPSA) is 25.8 Å². The molecule has 0 atom stereocenters. The molecule has 0 unspecified atom stereocenters. The van der Waals surface area contributed by atoms with Crippen molar-refractivity contribution in [1.82, 2.24) is 9.97 Å². The van der Waals surface area contributed by atoms with E-state index in [1.807, 2.05) is 42.6 Å². The molecule has 0 saturated carbocycles. The number of nitrogens with zero attached hydrogens (tertiary/aromatic N) is 2. The Morgan fingerprint density at radius 2 is 1.63 bits per heavy atom. The van der Waals surface area contributed by atoms with Crippen molar-refractivity contribution >= 4 is 32.5 Å². The zero-order chi connectivity index (χ0) is 12.7. The normalized spacial score (nSPS) is 11.2. The van der Waals surface area contributed by atoms with E-state index in [1.165, 1.54) is 4.70 Å². The molecule has 0 radical (unpaired) electrons. The van der Waals surface area contributed by atoms with Crippen LogP contribution < -0.4 is 0 Å². The van der Waals surface area contributed by atoms with Gasteiger partial charge in [-0.1, -0.05) is 30.3 Å². The molecule has 2 aromatic carbocycles. The lowest BCUT2D eigenvalue weighted by molar-refractivity contribution is 1.39. The summed E-state index contributed by atoms with van der Waals surface area (Å²) in [7, 11) is 0. The van der Waals surface area contributed by atoms with Crippen LogP contribution in [0.5, 0.6) is 0 Å². The smallest absolute Gasteiger partial charge is 0.126 e. The summed E-state index contributed by atoms with van der Waals surface area (Å²) >= 11 is 1.71. The number of fused-ring (bicyclic) bond motifs is 2. The highest BCUT2D eigenvalue weighted by atomic mass is 32.1. The lowest BCUT2D eigenvalue weighted by Gasteiger charge is -1.99. The quantitative estimate of drug-likeness (QED) is 0.504. The first-order valence-corrected chi connectivity index (χ1v) is 6.92. The Hall–Kier alpha value is -2.26. The van der Waals surface area contributed by atoms with Crippen LogP contribution in [-0.4, -0.2) is 9.97 Å². The second kappa shape index (κ2) is 4.14. The van der Waals surface area contributed by atoms with E-state index < -0.39 is 0 Å². The zero-order valence-electron chi connectivity index (χ0n) is 10.1. The van der Waals surface area contributed by atoms with Crippen molar-refractivity contribution in [1.29, 1.82) is 0 Å². The van der Waals surface area contributed by atoms with Gasteiger partial charge in [-0.15, -0.1) is 11.3 Å². The molecule has 4 aromatic rings. The summed E-state index contributed by atoms with van der Waals surface area (Å²) in [6.45, 7) is 0. The molecule has 0 bridgehead atoms. The Morgan fingerprint density at radius 3 is 2.53 bits per heavy atom. The predicted octanol–water partition coefficient (Wildman–Crippen LogP) is 4.51. The van der Waals surface area contributed by atoms with Gasteiger partial charge in [0.2, 0.25) is 0 Å². The van der Waals surface area contributed by atoms with Gasteiger partial charge in [-0.3, -0.25) is 4.98 Å². The molecule has 0 aliphatic heterocycles. The summed E-state index contributed by atoms with van der Waals surface area (Å²) in [5, 5.41) is 2.18. The number of rotatable bonds is 1. The van der Waals surface area contributed by atoms with Gasteiger partial charge in [0.15, 0.2) is 0 Å². The van der Waals surface area contributed by atoms with Crippen molar-refractivity contribution < 1.29 is 0 Å². The van der Waals surface area contributed by atoms with Crippen molar-refractivity contribution in [3.63, 3.8) is 0 Å². The van der Waals surface area contributed by atoms with Crippen LogP contribution in [0.1, 0.15) is 0 Å². The highest BCUT2D eigenvalue weighted by Gasteiger charge is 2.06. The minimum absolute atomic E-state index is 1.02. The fourth-order valence-corrected chi connectivity index (χ4v) is 3.13. The van der Waals surface area contributed by atoms with Crippen LogP contribution in [0.25, 0.3) is 31.7 Å². The highest BCUT2D eigenvalue weighted by molar-refractivity contribution is 7.21. The van der Waals surface area contributed by atoms with E-state index >= 15 is 0 Å². The average molecular weight is 262 g/mol. The molecule has 4 rings (SSSR count). The SMILES string of the molecule is c1ccc2ncc(-c3nc4ccccc4s3)cc2c1. The van der Waals surface area contributed by atoms with E-state index in [4.69, 9.17) is 0 Å². The Morgan fingerprint density at radius 1 is 0.842 bits per heavy atom. The minimum Gasteiger partial charge on any atom is -0.256 e. The van der Waals surface area contributed by atoms with E-state index in [0.717, 1.165) is 27.0 Å². The molecule has 2 nitrogen and oxygen atoms in total. The first-order chi connectivity index (χ1) is 9.40. The number of para-hydroxylation sites is 2. The maximum Gasteiger partial charge on any atom is 0.126 e. The van der Waals surface area contributed by atoms with Crippen LogP contribution >= 0.6 is 11.3 Å². The van der Waals surface area contributed by atoms with Gasteiger partial charge in [-0.25, -0.2) is 4.98 Å². The molecule has 19 heavy (non-hydrogen) atoms. The third kappa shape index (κ3) is 1.79. The summed E-state index contributed by atoms with van der Waals surface area (Å²) in [5.41, 5.74) is 3.16. The lowest BCUT2D eigenvalue weighted by Crippen LogP contribution is -1.81. The maximum absolute atomic E-state index is 4.67. The number of benzene rings is 2. The van der Waals surface area contributed by atoms with Gasteiger partial charge in [-0.2, -0.15) is 0 Å². The molecule has 3 heteroatoms. The second-order valence-corrected chi connectivity index (χ2v) is 5.43. The molecule has 2 heterocycles. The molecule has 0 fully saturated rings. The number of hydrogen-bond acceptors (Lipinski definition) is 3. The number of pyridine rings is 1. The molecule has 0 saturated heterocycles. The molecule has 2 aromatic heterocycles. The molecule has 90 valence electrons. The molecule has 0 spiro atoms. The monoisotopic (exact) mass is 262 g/mol. The van der Waals surface area contributed by atoms with E-state index in [1.54, 1.807) is 11.3 Å². The summed E-state index contributed by atoms with van der Waals surface area (Å²) in [4.78, 5) is 9.16. The molecule has 0 amide bonds. The van der Waals surface area contributed by atoms with Crippen LogP contribution in [0.2, 0.25) is 0 Å². The van der Waals surface area contributed by atoms with Gasteiger partial charge in [-0.05, 0) is 24.3 Å². The van der Waals surface area contributed by atoms with Crippen molar-refractivity contribution in [3.8, 4) is 10.6 Å². The van der Waals surface area contributed by atoms with Crippen LogP contribution in [0.3, 0.4) is 0 Å². The van der Waals surface area contributed by atoms with Crippen molar-refractivity contribution in [2.24, 2.45) is 0 Å². The van der Waals surface area contributed by atoms with E-state index in [2.05, 4.69) is 28.2 Å². The summed E-state index contributed by atoms with van der Waals surface area (Å²) in [6.07, 6.45) is 1.90. The second-order valence-electron chi connectivity index (χ2n) is 4.40. The van der Waals surface area contributed by atoms with Crippen molar-refractivity contribution in [2.45, 2.75) is 0 Å². The van der Waals surface area contributed by atoms with E-state index in [9.17, 15) is 0 Å². The van der Waals surface area contributed by atoms with Gasteiger partial charge in [0.25, 0.3) is 0 Å². The summed E-state index contributed by atoms with van der Waals surface area (Å²) < 4.78 is 1.21. The first kappa shape index (κ1) is 10.6. The maximum atomic E-state index is 4.67. The molecule has 0 aliphatic rings. The van der Waals surface area contributed by atoms with Gasteiger partial charge < -0.3 is 0 Å². The third-order valence-corrected chi connectivity index (χ3v) is 4.22. The lowest BCUT2D eigenvalue weighted by atomic mass is 10.2. The number of aromatic nitrogens is 2. The number of hydrogen-bond donors (Lipinski definition) is 0. The standard InChI is InChI=1S/C16H10N2S/c1-2-6-13-11(5-1)9-12(10-17-13)16-18-14-7-3-4-8-15(14)19-16/h1-10H. The fraction of sp³-hybridized carbons (Fsp3) is 0. The fourth-order valence-electron chi connectivity index (χ4n) is 2.18. The van der Waals surface area contributed by atoms with Gasteiger partial charge in [0.1, 0.15) is 5.01 Å². The van der Waals surface area contributed by atoms with Crippen molar-refractivity contribution in [3.05, 3.63) is 60.8 Å². The van der Waals surface area contributed by atoms with Gasteiger partial charge in [0, 0.05) is 17.1 Å². The average Bonchev–Trinajstić information content (AvgIpc) is 2.90. The summed E-state index contributed by atoms with van der Waals surface area (Å²) in [6, 6.07) is 18.5. The van der Waals surface area contributed by atoms with Crippen molar-refractivity contribution in [2.75, 3.05) is 0 Å². The highest BCUT2D eigenvalue weighted by Crippen LogP contribution is 2.30. The minimum atomic E-state index is 1.02. The Bertz CT molecular complexity index is 847. The van der Waals surface area contributed by atoms with E-state index in [0.29, 0.717) is 0 Å². The van der Waals surface area contributed by atoms with Crippen LogP contribution in [0, 0.1) is 0 Å². The zero-order valence-corrected chi connectivity index (χ0v) is 10.9. The first-order valence-electron chi connectivity index (χ1n) is 6.11. The molecule has 0 N–H and O–H groups in total. The van der Waals surface area contributed by atoms with Crippen LogP contribution in [-0.2, 0) is 0 Å². The summed E-state index contributed by atoms with van der Waals surface area (Å²) in [5.74, 6) is 0. The molecular weight excluding hydrogens is 252 g/mol. The van der Waals surface area contributed by atoms with E-state index in [-0.39, 0.29) is 0 Å². The number of thiazole rings is 1. The van der Waals surface area contributed by atoms with Gasteiger partial charge >= 0.3 is 0 Å². The van der Waals surface area contributed by atoms with Crippen LogP contribution in [0.15, 0.2) is 60.8 Å². The molecular formula is C16H10N2S. The third-order valence-electron chi connectivity index (χ3n) is 3.13. The van der Waals surface area contributed by atoms with Gasteiger partial charge in [0.05, 0.1) is 15.7 Å². The Kier molecular flexibility index (Phi) is 2.32. The van der Waals surface area contributed by atoms with Crippen LogP contribution in [0.4, 0.5) is 0 Å². The largest absolute Gasteiger partial charge is 0.256 e.